The van der Waals surface area contributed by atoms with E-state index in [1.807, 2.05) is 0 Å². The zero-order valence-corrected chi connectivity index (χ0v) is 12.0. The number of pyridine rings is 1. The smallest absolute Gasteiger partial charge is 0.326 e. The highest BCUT2D eigenvalue weighted by atomic mass is 16.4. The van der Waals surface area contributed by atoms with E-state index >= 15 is 0 Å². The Hall–Kier alpha value is -2.15. The van der Waals surface area contributed by atoms with Gasteiger partial charge in [-0.2, -0.15) is 0 Å². The van der Waals surface area contributed by atoms with Gasteiger partial charge in [-0.3, -0.25) is 4.79 Å². The third kappa shape index (κ3) is 6.22. The molecule has 0 radical (unpaired) electrons. The Labute approximate surface area is 122 Å². The third-order valence-corrected chi connectivity index (χ3v) is 2.98. The molecule has 1 aromatic heterocycles. The summed E-state index contributed by atoms with van der Waals surface area (Å²) < 4.78 is 1.75. The van der Waals surface area contributed by atoms with Crippen molar-refractivity contribution in [3.8, 4) is 5.75 Å². The van der Waals surface area contributed by atoms with Crippen molar-refractivity contribution in [2.24, 2.45) is 0 Å². The first-order valence-electron chi connectivity index (χ1n) is 6.75. The number of aliphatic hydroxyl groups excluding tert-OH is 1. The number of carbonyl (C=O) groups excluding carboxylic acids is 1. The van der Waals surface area contributed by atoms with E-state index in [4.69, 9.17) is 10.2 Å². The average Bonchev–Trinajstić information content (AvgIpc) is 2.40. The number of nitrogens with one attached hydrogen (secondary N) is 1. The van der Waals surface area contributed by atoms with Crippen LogP contribution in [-0.2, 0) is 22.7 Å². The fraction of sp³-hybridized carbons (Fsp3) is 0.500. The molecule has 4 N–H and O–H groups in total. The van der Waals surface area contributed by atoms with Crippen LogP contribution in [0, 0.1) is 0 Å². The maximum absolute atomic E-state index is 10.9. The van der Waals surface area contributed by atoms with Crippen molar-refractivity contribution < 1.29 is 29.5 Å². The van der Waals surface area contributed by atoms with Crippen LogP contribution < -0.4 is 9.88 Å². The number of aliphatic carboxylic acids is 1. The van der Waals surface area contributed by atoms with Crippen molar-refractivity contribution in [3.63, 3.8) is 0 Å². The van der Waals surface area contributed by atoms with Crippen LogP contribution in [0.2, 0.25) is 0 Å². The van der Waals surface area contributed by atoms with Crippen LogP contribution in [0.4, 0.5) is 0 Å². The zero-order chi connectivity index (χ0) is 15.8. The molecule has 0 saturated carbocycles. The van der Waals surface area contributed by atoms with Gasteiger partial charge < -0.3 is 20.6 Å². The van der Waals surface area contributed by atoms with E-state index in [0.717, 1.165) is 0 Å². The van der Waals surface area contributed by atoms with Crippen LogP contribution in [0.3, 0.4) is 0 Å². The quantitative estimate of drug-likeness (QED) is 0.396. The van der Waals surface area contributed by atoms with Gasteiger partial charge in [0.2, 0.25) is 12.1 Å². The first kappa shape index (κ1) is 16.9. The lowest BCUT2D eigenvalue weighted by Crippen LogP contribution is -2.39. The molecule has 7 heteroatoms. The number of unbranched alkanes of at least 4 members (excludes halogenated alkanes) is 1. The van der Waals surface area contributed by atoms with Crippen LogP contribution >= 0.6 is 0 Å². The fourth-order valence-corrected chi connectivity index (χ4v) is 2.05. The highest BCUT2D eigenvalue weighted by Crippen LogP contribution is 2.08. The van der Waals surface area contributed by atoms with Gasteiger partial charge in [-0.25, -0.2) is 9.36 Å². The van der Waals surface area contributed by atoms with Crippen LogP contribution in [0.25, 0.3) is 0 Å². The average molecular weight is 297 g/mol. The van der Waals surface area contributed by atoms with E-state index in [1.54, 1.807) is 17.0 Å². The zero-order valence-electron chi connectivity index (χ0n) is 12.0. The minimum Gasteiger partial charge on any atom is -0.503 e. The number of aromatic hydroxyl groups is 1. The summed E-state index contributed by atoms with van der Waals surface area (Å²) in [6, 6.07) is 0.609. The van der Waals surface area contributed by atoms with Gasteiger partial charge in [0.1, 0.15) is 12.6 Å². The summed E-state index contributed by atoms with van der Waals surface area (Å²) in [5.74, 6) is -1.33. The van der Waals surface area contributed by atoms with Crippen molar-refractivity contribution >= 4 is 11.9 Å². The normalized spacial score (nSPS) is 11.9. The molecule has 1 amide bonds. The van der Waals surface area contributed by atoms with E-state index in [-0.39, 0.29) is 18.3 Å². The molecule has 0 aliphatic heterocycles. The highest BCUT2D eigenvalue weighted by molar-refractivity contribution is 5.81. The largest absolute Gasteiger partial charge is 0.503 e. The number of aliphatic hydroxyl groups is 1. The van der Waals surface area contributed by atoms with E-state index < -0.39 is 12.0 Å². The van der Waals surface area contributed by atoms with Gasteiger partial charge in [0.15, 0.2) is 11.9 Å². The van der Waals surface area contributed by atoms with Crippen molar-refractivity contribution in [2.45, 2.75) is 45.4 Å². The lowest BCUT2D eigenvalue weighted by Gasteiger charge is -2.12. The number of carboxylic acids is 1. The number of nitrogens with zero attached hydrogens (tertiary/aromatic N) is 1. The van der Waals surface area contributed by atoms with Crippen LogP contribution in [0.5, 0.6) is 5.75 Å². The molecule has 1 heterocycles. The fourth-order valence-electron chi connectivity index (χ4n) is 2.05. The molecule has 0 saturated heterocycles. The second kappa shape index (κ2) is 8.21. The van der Waals surface area contributed by atoms with Crippen LogP contribution in [0.15, 0.2) is 18.5 Å². The van der Waals surface area contributed by atoms with Crippen LogP contribution in [0.1, 0.15) is 31.7 Å². The Balaban J connectivity index is 2.44. The molecule has 7 nitrogen and oxygen atoms in total. The Morgan fingerprint density at radius 1 is 1.33 bits per heavy atom. The molecule has 21 heavy (non-hydrogen) atoms. The Bertz CT molecular complexity index is 504. The molecule has 1 unspecified atom stereocenters. The van der Waals surface area contributed by atoms with E-state index in [9.17, 15) is 14.7 Å². The molecule has 0 aromatic carbocycles. The van der Waals surface area contributed by atoms with Crippen molar-refractivity contribution in [3.05, 3.63) is 24.0 Å². The van der Waals surface area contributed by atoms with Gasteiger partial charge in [-0.15, -0.1) is 0 Å². The minimum absolute atomic E-state index is 0.0724. The second-order valence-corrected chi connectivity index (χ2v) is 4.89. The Kier molecular flexibility index (Phi) is 6.61. The highest BCUT2D eigenvalue weighted by Gasteiger charge is 2.17. The SMILES string of the molecule is CC(=O)NC(CCCC[n+]1cc(O)cc(CO)c1)C(=O)O. The number of amides is 1. The molecule has 0 spiro atoms. The van der Waals surface area contributed by atoms with Gasteiger partial charge >= 0.3 is 5.97 Å². The molecule has 1 atom stereocenters. The molecule has 116 valence electrons. The lowest BCUT2D eigenvalue weighted by atomic mass is 10.1. The topological polar surface area (TPSA) is 111 Å². The van der Waals surface area contributed by atoms with Gasteiger partial charge in [-0.05, 0) is 18.9 Å². The summed E-state index contributed by atoms with van der Waals surface area (Å²) in [4.78, 5) is 21.8. The second-order valence-electron chi connectivity index (χ2n) is 4.89. The monoisotopic (exact) mass is 297 g/mol. The predicted molar refractivity (Wildman–Crippen MR) is 73.3 cm³/mol. The summed E-state index contributed by atoms with van der Waals surface area (Å²) in [6.07, 6.45) is 4.93. The van der Waals surface area contributed by atoms with Gasteiger partial charge in [0.05, 0.1) is 6.61 Å². The van der Waals surface area contributed by atoms with Gasteiger partial charge in [0.25, 0.3) is 0 Å². The third-order valence-electron chi connectivity index (χ3n) is 2.98. The molecular formula is C14H21N2O5+. The molecular weight excluding hydrogens is 276 g/mol. The Morgan fingerprint density at radius 2 is 2.05 bits per heavy atom. The van der Waals surface area contributed by atoms with Crippen molar-refractivity contribution in [1.82, 2.24) is 5.32 Å². The predicted octanol–water partition coefficient (Wildman–Crippen LogP) is -0.0684. The summed E-state index contributed by atoms with van der Waals surface area (Å²) in [6.45, 7) is 1.72. The molecule has 1 rings (SSSR count). The first-order chi connectivity index (χ1) is 9.92. The summed E-state index contributed by atoms with van der Waals surface area (Å²) in [7, 11) is 0. The number of carbonyl (C=O) groups is 2. The van der Waals surface area contributed by atoms with E-state index in [1.165, 1.54) is 13.0 Å². The first-order valence-corrected chi connectivity index (χ1v) is 6.75. The molecule has 0 bridgehead atoms. The molecule has 0 aliphatic carbocycles. The number of aryl methyl sites for hydroxylation is 1. The van der Waals surface area contributed by atoms with E-state index in [2.05, 4.69) is 5.32 Å². The van der Waals surface area contributed by atoms with E-state index in [0.29, 0.717) is 31.4 Å². The minimum atomic E-state index is -1.04. The lowest BCUT2D eigenvalue weighted by molar-refractivity contribution is -0.698. The Morgan fingerprint density at radius 3 is 2.62 bits per heavy atom. The van der Waals surface area contributed by atoms with Gasteiger partial charge in [-0.1, -0.05) is 0 Å². The number of hydrogen-bond donors (Lipinski definition) is 4. The number of carboxylic acid groups (broad SMARTS) is 1. The van der Waals surface area contributed by atoms with Crippen LogP contribution in [-0.4, -0.2) is 33.2 Å². The summed E-state index contributed by atoms with van der Waals surface area (Å²) in [5, 5.41) is 29.9. The van der Waals surface area contributed by atoms with Crippen molar-refractivity contribution in [1.29, 1.82) is 0 Å². The standard InChI is InChI=1S/C14H20N2O5/c1-10(18)15-13(14(20)21)4-2-3-5-16-7-11(9-17)6-12(19)8-16/h6-8,13,17H,2-5,9H2,1H3,(H2-,15,18,19,20,21)/p+1. The number of hydrogen-bond acceptors (Lipinski definition) is 4. The number of rotatable bonds is 8. The summed E-state index contributed by atoms with van der Waals surface area (Å²) in [5.41, 5.74) is 0.608. The summed E-state index contributed by atoms with van der Waals surface area (Å²) >= 11 is 0. The maximum Gasteiger partial charge on any atom is 0.326 e. The van der Waals surface area contributed by atoms with Gasteiger partial charge in [0, 0.05) is 18.9 Å². The number of aromatic nitrogens is 1. The molecule has 0 aliphatic rings. The molecule has 0 fully saturated rings. The maximum atomic E-state index is 10.9. The van der Waals surface area contributed by atoms with Crippen molar-refractivity contribution in [2.75, 3.05) is 0 Å². The molecule has 1 aromatic rings.